The van der Waals surface area contributed by atoms with Crippen molar-refractivity contribution in [1.29, 1.82) is 0 Å². The number of carbonyl (C=O) groups excluding carboxylic acids is 1. The number of ether oxygens (including phenoxy) is 1. The van der Waals surface area contributed by atoms with Crippen LogP contribution in [0.25, 0.3) is 32.8 Å². The summed E-state index contributed by atoms with van der Waals surface area (Å²) in [5.74, 6) is 0.128. The molecule has 224 valence electrons. The first-order chi connectivity index (χ1) is 20.9. The lowest BCUT2D eigenvalue weighted by atomic mass is 9.96. The number of phenolic OH excluding ortho intramolecular Hbond substituents is 1. The molecule has 3 aliphatic rings. The van der Waals surface area contributed by atoms with Gasteiger partial charge < -0.3 is 29.6 Å². The SMILES string of the molecule is CN1CCC[C@H]1COc1nc(N2CC3CCC(C2)N3C(=O)CCO)c2ccc(-c3cc(O)cc4ccccc34)c(F)c2n1. The van der Waals surface area contributed by atoms with E-state index >= 15 is 4.39 Å². The molecule has 9 nitrogen and oxygen atoms in total. The average molecular weight is 586 g/mol. The van der Waals surface area contributed by atoms with E-state index in [-0.39, 0.29) is 54.3 Å². The summed E-state index contributed by atoms with van der Waals surface area (Å²) >= 11 is 0. The minimum absolute atomic E-state index is 0.00195. The number of aliphatic hydroxyl groups is 1. The number of carbonyl (C=O) groups is 1. The molecule has 10 heteroatoms. The minimum Gasteiger partial charge on any atom is -0.508 e. The van der Waals surface area contributed by atoms with Gasteiger partial charge in [0, 0.05) is 48.6 Å². The second kappa shape index (κ2) is 11.2. The molecule has 0 spiro atoms. The number of rotatable bonds is 7. The van der Waals surface area contributed by atoms with Gasteiger partial charge in [0.1, 0.15) is 23.7 Å². The fourth-order valence-corrected chi connectivity index (χ4v) is 7.23. The number of benzene rings is 3. The van der Waals surface area contributed by atoms with Crippen LogP contribution in [0, 0.1) is 5.82 Å². The highest BCUT2D eigenvalue weighted by atomic mass is 19.1. The van der Waals surface area contributed by atoms with Gasteiger partial charge in [-0.05, 0) is 73.8 Å². The lowest BCUT2D eigenvalue weighted by Gasteiger charge is -2.42. The van der Waals surface area contributed by atoms with Gasteiger partial charge >= 0.3 is 6.01 Å². The van der Waals surface area contributed by atoms with Crippen molar-refractivity contribution in [3.05, 3.63) is 54.3 Å². The lowest BCUT2D eigenvalue weighted by molar-refractivity contribution is -0.135. The number of phenols is 1. The van der Waals surface area contributed by atoms with E-state index < -0.39 is 5.82 Å². The molecule has 3 aromatic carbocycles. The van der Waals surface area contributed by atoms with Gasteiger partial charge in [-0.1, -0.05) is 30.3 Å². The highest BCUT2D eigenvalue weighted by Gasteiger charge is 2.43. The number of aliphatic hydroxyl groups excluding tert-OH is 1. The molecular formula is C33H36FN5O4. The molecule has 4 aromatic rings. The van der Waals surface area contributed by atoms with Crippen molar-refractivity contribution in [2.24, 2.45) is 0 Å². The summed E-state index contributed by atoms with van der Waals surface area (Å²) in [6.45, 7) is 2.38. The second-order valence-corrected chi connectivity index (χ2v) is 12.0. The molecule has 43 heavy (non-hydrogen) atoms. The third-order valence-electron chi connectivity index (χ3n) is 9.37. The number of likely N-dealkylation sites (tertiary alicyclic amines) is 1. The van der Waals surface area contributed by atoms with Crippen LogP contribution in [0.5, 0.6) is 11.8 Å². The van der Waals surface area contributed by atoms with Crippen LogP contribution >= 0.6 is 0 Å². The number of halogens is 1. The smallest absolute Gasteiger partial charge is 0.319 e. The molecule has 3 fully saturated rings. The van der Waals surface area contributed by atoms with Gasteiger partial charge in [-0.15, -0.1) is 0 Å². The summed E-state index contributed by atoms with van der Waals surface area (Å²) in [4.78, 5) is 28.5. The van der Waals surface area contributed by atoms with Crippen LogP contribution in [-0.2, 0) is 4.79 Å². The molecular weight excluding hydrogens is 549 g/mol. The molecule has 3 aliphatic heterocycles. The number of amides is 1. The van der Waals surface area contributed by atoms with E-state index in [0.29, 0.717) is 42.0 Å². The van der Waals surface area contributed by atoms with Gasteiger partial charge in [-0.2, -0.15) is 9.97 Å². The van der Waals surface area contributed by atoms with E-state index in [1.807, 2.05) is 35.2 Å². The number of hydrogen-bond donors (Lipinski definition) is 2. The number of anilines is 1. The molecule has 1 amide bonds. The second-order valence-electron chi connectivity index (χ2n) is 12.0. The molecule has 2 bridgehead atoms. The third kappa shape index (κ3) is 5.02. The zero-order valence-corrected chi connectivity index (χ0v) is 24.2. The van der Waals surface area contributed by atoms with E-state index in [0.717, 1.165) is 43.0 Å². The topological polar surface area (TPSA) is 102 Å². The molecule has 2 N–H and O–H groups in total. The maximum Gasteiger partial charge on any atom is 0.319 e. The molecule has 0 aliphatic carbocycles. The van der Waals surface area contributed by atoms with Gasteiger partial charge in [-0.3, -0.25) is 4.79 Å². The van der Waals surface area contributed by atoms with E-state index in [4.69, 9.17) is 9.72 Å². The molecule has 4 heterocycles. The number of likely N-dealkylation sites (N-methyl/N-ethyl adjacent to an activating group) is 1. The van der Waals surface area contributed by atoms with E-state index in [1.165, 1.54) is 0 Å². The maximum atomic E-state index is 16.6. The van der Waals surface area contributed by atoms with Crippen LogP contribution in [0.1, 0.15) is 32.1 Å². The Kier molecular flexibility index (Phi) is 7.26. The predicted molar refractivity (Wildman–Crippen MR) is 163 cm³/mol. The van der Waals surface area contributed by atoms with Crippen LogP contribution in [0.4, 0.5) is 10.2 Å². The van der Waals surface area contributed by atoms with Gasteiger partial charge in [0.05, 0.1) is 6.61 Å². The molecule has 0 saturated carbocycles. The summed E-state index contributed by atoms with van der Waals surface area (Å²) in [5.41, 5.74) is 1.08. The monoisotopic (exact) mass is 585 g/mol. The number of aromatic hydroxyl groups is 1. The van der Waals surface area contributed by atoms with Crippen molar-refractivity contribution in [3.63, 3.8) is 0 Å². The molecule has 0 radical (unpaired) electrons. The van der Waals surface area contributed by atoms with Crippen molar-refractivity contribution in [2.75, 3.05) is 44.8 Å². The normalized spacial score (nSPS) is 22.2. The largest absolute Gasteiger partial charge is 0.508 e. The number of fused-ring (bicyclic) bond motifs is 4. The summed E-state index contributed by atoms with van der Waals surface area (Å²) in [7, 11) is 2.08. The highest BCUT2D eigenvalue weighted by Crippen LogP contribution is 2.40. The van der Waals surface area contributed by atoms with E-state index in [9.17, 15) is 15.0 Å². The first-order valence-corrected chi connectivity index (χ1v) is 15.1. The Labute approximate surface area is 249 Å². The Balaban J connectivity index is 1.31. The number of piperazine rings is 1. The van der Waals surface area contributed by atoms with Crippen LogP contribution in [0.15, 0.2) is 48.5 Å². The Morgan fingerprint density at radius 3 is 2.56 bits per heavy atom. The predicted octanol–water partition coefficient (Wildman–Crippen LogP) is 4.33. The molecule has 1 aromatic heterocycles. The third-order valence-corrected chi connectivity index (χ3v) is 9.37. The quantitative estimate of drug-likeness (QED) is 0.331. The van der Waals surface area contributed by atoms with Crippen molar-refractivity contribution >= 4 is 33.4 Å². The summed E-state index contributed by atoms with van der Waals surface area (Å²) in [6.07, 6.45) is 4.00. The first kappa shape index (κ1) is 27.8. The molecule has 3 atom stereocenters. The Morgan fingerprint density at radius 2 is 1.81 bits per heavy atom. The van der Waals surface area contributed by atoms with Gasteiger partial charge in [-0.25, -0.2) is 4.39 Å². The lowest BCUT2D eigenvalue weighted by Crippen LogP contribution is -2.56. The highest BCUT2D eigenvalue weighted by molar-refractivity contribution is 6.01. The fraction of sp³-hybridized carbons (Fsp3) is 0.424. The summed E-state index contributed by atoms with van der Waals surface area (Å²) < 4.78 is 22.8. The van der Waals surface area contributed by atoms with Crippen molar-refractivity contribution in [2.45, 2.75) is 50.2 Å². The molecule has 2 unspecified atom stereocenters. The summed E-state index contributed by atoms with van der Waals surface area (Å²) in [5, 5.41) is 22.0. The zero-order valence-electron chi connectivity index (χ0n) is 24.2. The van der Waals surface area contributed by atoms with Crippen molar-refractivity contribution in [3.8, 4) is 22.9 Å². The van der Waals surface area contributed by atoms with Crippen LogP contribution in [-0.4, -0.2) is 93.9 Å². The van der Waals surface area contributed by atoms with Crippen LogP contribution in [0.2, 0.25) is 0 Å². The fourth-order valence-electron chi connectivity index (χ4n) is 7.23. The van der Waals surface area contributed by atoms with Gasteiger partial charge in [0.2, 0.25) is 5.91 Å². The zero-order chi connectivity index (χ0) is 29.7. The first-order valence-electron chi connectivity index (χ1n) is 15.1. The number of hydrogen-bond acceptors (Lipinski definition) is 8. The number of nitrogens with zero attached hydrogens (tertiary/aromatic N) is 5. The summed E-state index contributed by atoms with van der Waals surface area (Å²) in [6, 6.07) is 14.8. The van der Waals surface area contributed by atoms with E-state index in [2.05, 4.69) is 21.8 Å². The molecule has 3 saturated heterocycles. The van der Waals surface area contributed by atoms with E-state index in [1.54, 1.807) is 18.2 Å². The average Bonchev–Trinajstić information content (AvgIpc) is 3.54. The van der Waals surface area contributed by atoms with Crippen molar-refractivity contribution < 1.29 is 24.1 Å². The van der Waals surface area contributed by atoms with Gasteiger partial charge in [0.15, 0.2) is 5.82 Å². The van der Waals surface area contributed by atoms with Crippen LogP contribution < -0.4 is 9.64 Å². The maximum absolute atomic E-state index is 16.6. The minimum atomic E-state index is -0.500. The Morgan fingerprint density at radius 1 is 1.02 bits per heavy atom. The Bertz CT molecular complexity index is 1690. The standard InChI is InChI=1S/C33H36FN5O4/c1-37-13-4-6-23(37)19-43-33-35-31-27(32(36-33)38-17-21-8-9-22(18-38)39(21)29(42)12-14-40)11-10-26(30(31)34)28-16-24(41)15-20-5-2-3-7-25(20)28/h2-3,5,7,10-11,15-16,21-23,40-41H,4,6,8-9,12-14,17-19H2,1H3/t21?,22?,23-/m0/s1. The van der Waals surface area contributed by atoms with Gasteiger partial charge in [0.25, 0.3) is 0 Å². The van der Waals surface area contributed by atoms with Crippen molar-refractivity contribution in [1.82, 2.24) is 19.8 Å². The number of aromatic nitrogens is 2. The van der Waals surface area contributed by atoms with Crippen LogP contribution in [0.3, 0.4) is 0 Å². The Hall–Kier alpha value is -4.02. The molecule has 7 rings (SSSR count).